The Morgan fingerprint density at radius 1 is 1.60 bits per heavy atom. The normalized spacial score (nSPS) is 1.60. The summed E-state index contributed by atoms with van der Waals surface area (Å²) in [6.45, 7) is 1.43. The molecule has 0 amide bonds. The SMILES string of the molecule is CC#N.[S-2].[Zn+2]. The van der Waals surface area contributed by atoms with Crippen molar-refractivity contribution < 1.29 is 19.5 Å². The van der Waals surface area contributed by atoms with Crippen LogP contribution < -0.4 is 0 Å². The molecule has 0 bridgehead atoms. The van der Waals surface area contributed by atoms with E-state index >= 15 is 0 Å². The molecule has 0 rings (SSSR count). The Labute approximate surface area is 51.6 Å². The second-order valence-corrected chi connectivity index (χ2v) is 0.224. The minimum atomic E-state index is 0. The van der Waals surface area contributed by atoms with Crippen LogP contribution in [0.2, 0.25) is 0 Å². The standard InChI is InChI=1S/C2H3N.S.Zn/c1-2-3;;/h1H3;;/q;-2;+2. The molecule has 3 heteroatoms. The number of nitrogens with zero attached hydrogens (tertiary/aromatic N) is 1. The minimum absolute atomic E-state index is 0. The van der Waals surface area contributed by atoms with Crippen LogP contribution in [0.1, 0.15) is 6.92 Å². The number of rotatable bonds is 0. The molecule has 0 aliphatic heterocycles. The van der Waals surface area contributed by atoms with Crippen molar-refractivity contribution in [2.24, 2.45) is 0 Å². The third-order valence-corrected chi connectivity index (χ3v) is 0. The molecule has 0 saturated heterocycles. The molecule has 5 heavy (non-hydrogen) atoms. The molecule has 1 nitrogen and oxygen atoms in total. The van der Waals surface area contributed by atoms with Gasteiger partial charge in [0.05, 0.1) is 6.07 Å². The van der Waals surface area contributed by atoms with Gasteiger partial charge in [-0.3, -0.25) is 0 Å². The summed E-state index contributed by atoms with van der Waals surface area (Å²) in [7, 11) is 0. The topological polar surface area (TPSA) is 23.8 Å². The van der Waals surface area contributed by atoms with Gasteiger partial charge in [-0.15, -0.1) is 0 Å². The molecule has 0 aliphatic rings. The van der Waals surface area contributed by atoms with Gasteiger partial charge in [0, 0.05) is 6.92 Å². The first-order valence-electron chi connectivity index (χ1n) is 0.724. The molecule has 0 atom stereocenters. The molecule has 0 spiro atoms. The number of hydrogen-bond acceptors (Lipinski definition) is 1. The first-order chi connectivity index (χ1) is 1.41. The van der Waals surface area contributed by atoms with Gasteiger partial charge in [0.1, 0.15) is 0 Å². The minimum Gasteiger partial charge on any atom is -2.00 e. The van der Waals surface area contributed by atoms with Crippen LogP contribution in [0.4, 0.5) is 0 Å². The Balaban J connectivity index is -0.0000000200. The Kier molecular flexibility index (Phi) is 89.7. The van der Waals surface area contributed by atoms with E-state index < -0.39 is 0 Å². The molecule has 0 radical (unpaired) electrons. The van der Waals surface area contributed by atoms with Crippen molar-refractivity contribution in [1.82, 2.24) is 0 Å². The van der Waals surface area contributed by atoms with Crippen LogP contribution >= 0.6 is 0 Å². The van der Waals surface area contributed by atoms with Crippen LogP contribution in [-0.2, 0) is 33.0 Å². The summed E-state index contributed by atoms with van der Waals surface area (Å²) < 4.78 is 0. The Morgan fingerprint density at radius 3 is 1.60 bits per heavy atom. The van der Waals surface area contributed by atoms with Gasteiger partial charge in [-0.2, -0.15) is 5.26 Å². The van der Waals surface area contributed by atoms with Crippen molar-refractivity contribution in [3.05, 3.63) is 0 Å². The monoisotopic (exact) mass is 137 g/mol. The molecule has 0 saturated carbocycles. The molecule has 0 heterocycles. The maximum Gasteiger partial charge on any atom is 2.00 e. The number of hydrogen-bond donors (Lipinski definition) is 0. The van der Waals surface area contributed by atoms with Crippen molar-refractivity contribution in [2.75, 3.05) is 0 Å². The van der Waals surface area contributed by atoms with Crippen LogP contribution in [0.5, 0.6) is 0 Å². The summed E-state index contributed by atoms with van der Waals surface area (Å²) in [5.74, 6) is 0. The zero-order valence-electron chi connectivity index (χ0n) is 3.06. The third-order valence-electron chi connectivity index (χ3n) is 0. The zero-order valence-corrected chi connectivity index (χ0v) is 6.85. The maximum absolute atomic E-state index is 7.32. The van der Waals surface area contributed by atoms with Crippen LogP contribution in [0, 0.1) is 11.3 Å². The second kappa shape index (κ2) is 25.0. The van der Waals surface area contributed by atoms with Gasteiger partial charge in [0.2, 0.25) is 0 Å². The molecule has 0 aromatic heterocycles. The molecule has 0 fully saturated rings. The van der Waals surface area contributed by atoms with Crippen LogP contribution in [-0.4, -0.2) is 0 Å². The van der Waals surface area contributed by atoms with E-state index in [0.29, 0.717) is 0 Å². The summed E-state index contributed by atoms with van der Waals surface area (Å²) >= 11 is 0. The summed E-state index contributed by atoms with van der Waals surface area (Å²) in [5.41, 5.74) is 0. The molecule has 0 aromatic carbocycles. The van der Waals surface area contributed by atoms with Crippen molar-refractivity contribution in [1.29, 1.82) is 5.26 Å². The van der Waals surface area contributed by atoms with E-state index in [4.69, 9.17) is 5.26 Å². The average Bonchev–Trinajstić information content (AvgIpc) is 0.918. The van der Waals surface area contributed by atoms with Gasteiger partial charge >= 0.3 is 19.5 Å². The number of nitriles is 1. The third kappa shape index (κ3) is 126. The molecule has 24 valence electrons. The Bertz CT molecular complexity index is 31.1. The van der Waals surface area contributed by atoms with Crippen molar-refractivity contribution >= 4 is 13.5 Å². The molecule has 0 N–H and O–H groups in total. The first kappa shape index (κ1) is 17.9. The molecule has 0 aromatic rings. The molecular formula is C2H3NSZn. The van der Waals surface area contributed by atoms with Crippen LogP contribution in [0.15, 0.2) is 0 Å². The first-order valence-corrected chi connectivity index (χ1v) is 0.724. The van der Waals surface area contributed by atoms with E-state index in [2.05, 4.69) is 0 Å². The molecular weight excluding hydrogens is 135 g/mol. The Hall–Kier alpha value is 0.463. The molecule has 0 unspecified atom stereocenters. The van der Waals surface area contributed by atoms with Crippen LogP contribution in [0.3, 0.4) is 0 Å². The van der Waals surface area contributed by atoms with Gasteiger partial charge in [-0.25, -0.2) is 0 Å². The van der Waals surface area contributed by atoms with Crippen LogP contribution in [0.25, 0.3) is 0 Å². The fraction of sp³-hybridized carbons (Fsp3) is 0.500. The summed E-state index contributed by atoms with van der Waals surface area (Å²) in [5, 5.41) is 7.32. The van der Waals surface area contributed by atoms with Gasteiger partial charge in [0.25, 0.3) is 0 Å². The van der Waals surface area contributed by atoms with Crippen molar-refractivity contribution in [3.8, 4) is 6.07 Å². The van der Waals surface area contributed by atoms with Gasteiger partial charge in [-0.05, 0) is 0 Å². The van der Waals surface area contributed by atoms with E-state index in [9.17, 15) is 0 Å². The van der Waals surface area contributed by atoms with Gasteiger partial charge in [0.15, 0.2) is 0 Å². The molecule has 0 aliphatic carbocycles. The quantitative estimate of drug-likeness (QED) is 0.448. The van der Waals surface area contributed by atoms with E-state index in [0.717, 1.165) is 0 Å². The zero-order chi connectivity index (χ0) is 2.71. The maximum atomic E-state index is 7.32. The van der Waals surface area contributed by atoms with E-state index in [1.54, 1.807) is 6.07 Å². The fourth-order valence-corrected chi connectivity index (χ4v) is 0. The average molecular weight is 139 g/mol. The summed E-state index contributed by atoms with van der Waals surface area (Å²) in [4.78, 5) is 0. The van der Waals surface area contributed by atoms with E-state index in [1.165, 1.54) is 6.92 Å². The van der Waals surface area contributed by atoms with Crippen molar-refractivity contribution in [3.63, 3.8) is 0 Å². The predicted molar refractivity (Wildman–Crippen MR) is 18.7 cm³/mol. The Morgan fingerprint density at radius 2 is 1.60 bits per heavy atom. The van der Waals surface area contributed by atoms with E-state index in [-0.39, 0.29) is 33.0 Å². The van der Waals surface area contributed by atoms with Gasteiger partial charge in [-0.1, -0.05) is 0 Å². The smallest absolute Gasteiger partial charge is 2.00 e. The summed E-state index contributed by atoms with van der Waals surface area (Å²) in [6, 6.07) is 1.75. The fourth-order valence-electron chi connectivity index (χ4n) is 0. The van der Waals surface area contributed by atoms with E-state index in [1.807, 2.05) is 0 Å². The van der Waals surface area contributed by atoms with Crippen molar-refractivity contribution in [2.45, 2.75) is 6.92 Å². The summed E-state index contributed by atoms with van der Waals surface area (Å²) in [6.07, 6.45) is 0. The largest absolute Gasteiger partial charge is 2.00 e. The second-order valence-electron chi connectivity index (χ2n) is 0.224. The predicted octanol–water partition coefficient (Wildman–Crippen LogP) is 0.525. The van der Waals surface area contributed by atoms with Gasteiger partial charge < -0.3 is 13.5 Å².